The molecule has 0 spiro atoms. The van der Waals surface area contributed by atoms with Crippen LogP contribution in [0.4, 0.5) is 4.79 Å². The van der Waals surface area contributed by atoms with Gasteiger partial charge in [0.15, 0.2) is 0 Å². The first kappa shape index (κ1) is 22.8. The maximum Gasteiger partial charge on any atom is 0.410 e. The highest BCUT2D eigenvalue weighted by Crippen LogP contribution is 2.39. The van der Waals surface area contributed by atoms with E-state index in [9.17, 15) is 9.59 Å². The van der Waals surface area contributed by atoms with Gasteiger partial charge >= 0.3 is 6.09 Å². The highest BCUT2D eigenvalue weighted by atomic mass is 35.5. The van der Waals surface area contributed by atoms with Crippen molar-refractivity contribution in [1.82, 2.24) is 14.8 Å². The van der Waals surface area contributed by atoms with Gasteiger partial charge in [-0.25, -0.2) is 4.79 Å². The fourth-order valence-electron chi connectivity index (χ4n) is 5.27. The molecule has 5 rings (SSSR count). The van der Waals surface area contributed by atoms with Crippen LogP contribution in [0.2, 0.25) is 5.02 Å². The number of ether oxygens (including phenoxy) is 1. The largest absolute Gasteiger partial charge is 0.450 e. The zero-order valence-corrected chi connectivity index (χ0v) is 20.2. The number of hydrogen-bond acceptors (Lipinski definition) is 3. The molecule has 3 aromatic rings. The number of nitrogens with one attached hydrogen (secondary N) is 1. The van der Waals surface area contributed by atoms with Gasteiger partial charge in [0.25, 0.3) is 5.91 Å². The lowest BCUT2D eigenvalue weighted by Gasteiger charge is -2.35. The van der Waals surface area contributed by atoms with Crippen LogP contribution in [0.1, 0.15) is 65.8 Å². The van der Waals surface area contributed by atoms with E-state index in [2.05, 4.69) is 4.98 Å². The summed E-state index contributed by atoms with van der Waals surface area (Å²) < 4.78 is 5.39. The van der Waals surface area contributed by atoms with E-state index in [1.807, 2.05) is 54.3 Å². The van der Waals surface area contributed by atoms with Crippen molar-refractivity contribution in [3.8, 4) is 0 Å². The Labute approximate surface area is 204 Å². The number of aromatic nitrogens is 1. The first-order valence-corrected chi connectivity index (χ1v) is 12.6. The molecule has 2 aromatic carbocycles. The van der Waals surface area contributed by atoms with E-state index in [0.29, 0.717) is 23.7 Å². The second-order valence-corrected chi connectivity index (χ2v) is 9.52. The van der Waals surface area contributed by atoms with Gasteiger partial charge in [-0.1, -0.05) is 36.6 Å². The molecule has 2 aliphatic rings. The lowest BCUT2D eigenvalue weighted by molar-refractivity contribution is 0.0761. The summed E-state index contributed by atoms with van der Waals surface area (Å²) in [6, 6.07) is 13.2. The quantitative estimate of drug-likeness (QED) is 0.505. The van der Waals surface area contributed by atoms with E-state index >= 15 is 0 Å². The van der Waals surface area contributed by atoms with Crippen LogP contribution in [-0.4, -0.2) is 53.0 Å². The average molecular weight is 480 g/mol. The molecule has 1 N–H and O–H groups in total. The molecule has 2 aliphatic heterocycles. The Morgan fingerprint density at radius 2 is 1.76 bits per heavy atom. The summed E-state index contributed by atoms with van der Waals surface area (Å²) >= 11 is 6.28. The third kappa shape index (κ3) is 4.27. The molecule has 0 saturated carbocycles. The van der Waals surface area contributed by atoms with Crippen molar-refractivity contribution in [2.24, 2.45) is 0 Å². The fraction of sp³-hybridized carbons (Fsp3) is 0.407. The van der Waals surface area contributed by atoms with E-state index in [0.717, 1.165) is 54.5 Å². The molecule has 0 radical (unpaired) electrons. The van der Waals surface area contributed by atoms with Gasteiger partial charge in [-0.05, 0) is 67.6 Å². The Kier molecular flexibility index (Phi) is 6.50. The van der Waals surface area contributed by atoms with Gasteiger partial charge in [0, 0.05) is 46.8 Å². The van der Waals surface area contributed by atoms with Gasteiger partial charge in [-0.15, -0.1) is 0 Å². The number of aromatic amines is 1. The molecule has 6 nitrogen and oxygen atoms in total. The Morgan fingerprint density at radius 1 is 1.03 bits per heavy atom. The van der Waals surface area contributed by atoms with Crippen LogP contribution >= 0.6 is 11.6 Å². The molecule has 2 amide bonds. The SMILES string of the molecule is CCOC(=O)N1CCc2c([nH]c3ccc(Cl)cc23)C1c1ccc(C(=O)N2CCCCCC2)cc1. The molecule has 34 heavy (non-hydrogen) atoms. The third-order valence-corrected chi connectivity index (χ3v) is 7.19. The number of rotatable bonds is 3. The second-order valence-electron chi connectivity index (χ2n) is 9.08. The summed E-state index contributed by atoms with van der Waals surface area (Å²) in [6.07, 6.45) is 4.88. The van der Waals surface area contributed by atoms with E-state index in [-0.39, 0.29) is 18.0 Å². The van der Waals surface area contributed by atoms with Crippen LogP contribution < -0.4 is 0 Å². The van der Waals surface area contributed by atoms with Crippen LogP contribution in [0, 0.1) is 0 Å². The standard InChI is InChI=1S/C27H30ClN3O3/c1-2-34-27(33)31-16-13-21-22-17-20(28)11-12-23(22)29-24(21)25(31)18-7-9-19(10-8-18)26(32)30-14-5-3-4-6-15-30/h7-12,17,25,29H,2-6,13-16H2,1H3. The summed E-state index contributed by atoms with van der Waals surface area (Å²) in [6.45, 7) is 4.32. The average Bonchev–Trinajstić information content (AvgIpc) is 3.01. The normalized spacial score (nSPS) is 18.5. The minimum atomic E-state index is -0.334. The van der Waals surface area contributed by atoms with E-state index in [4.69, 9.17) is 16.3 Å². The van der Waals surface area contributed by atoms with Crippen LogP contribution in [0.15, 0.2) is 42.5 Å². The topological polar surface area (TPSA) is 65.6 Å². The third-order valence-electron chi connectivity index (χ3n) is 6.96. The minimum Gasteiger partial charge on any atom is -0.450 e. The van der Waals surface area contributed by atoms with Crippen molar-refractivity contribution in [1.29, 1.82) is 0 Å². The first-order valence-electron chi connectivity index (χ1n) is 12.2. The van der Waals surface area contributed by atoms with Crippen molar-refractivity contribution in [3.05, 3.63) is 69.9 Å². The molecule has 1 saturated heterocycles. The number of halogens is 1. The highest BCUT2D eigenvalue weighted by molar-refractivity contribution is 6.31. The summed E-state index contributed by atoms with van der Waals surface area (Å²) in [5, 5.41) is 1.78. The van der Waals surface area contributed by atoms with Crippen LogP contribution in [0.3, 0.4) is 0 Å². The van der Waals surface area contributed by atoms with Gasteiger partial charge in [0.2, 0.25) is 0 Å². The van der Waals surface area contributed by atoms with Crippen molar-refractivity contribution in [2.75, 3.05) is 26.2 Å². The van der Waals surface area contributed by atoms with Gasteiger partial charge in [-0.3, -0.25) is 9.69 Å². The Balaban J connectivity index is 1.51. The molecule has 1 atom stereocenters. The summed E-state index contributed by atoms with van der Waals surface area (Å²) in [5.41, 5.74) is 4.78. The summed E-state index contributed by atoms with van der Waals surface area (Å²) in [5.74, 6) is 0.0836. The Bertz CT molecular complexity index is 1200. The molecule has 0 aliphatic carbocycles. The molecule has 1 fully saturated rings. The van der Waals surface area contributed by atoms with Crippen LogP contribution in [0.25, 0.3) is 10.9 Å². The highest BCUT2D eigenvalue weighted by Gasteiger charge is 2.35. The molecular formula is C27H30ClN3O3. The maximum atomic E-state index is 13.1. The maximum absolute atomic E-state index is 13.1. The predicted octanol–water partition coefficient (Wildman–Crippen LogP) is 5.94. The minimum absolute atomic E-state index is 0.0836. The lowest BCUT2D eigenvalue weighted by Crippen LogP contribution is -2.41. The summed E-state index contributed by atoms with van der Waals surface area (Å²) in [4.78, 5) is 33.2. The zero-order valence-electron chi connectivity index (χ0n) is 19.5. The van der Waals surface area contributed by atoms with Gasteiger partial charge in [0.05, 0.1) is 6.61 Å². The van der Waals surface area contributed by atoms with Gasteiger partial charge < -0.3 is 14.6 Å². The lowest BCUT2D eigenvalue weighted by atomic mass is 9.92. The van der Waals surface area contributed by atoms with Crippen molar-refractivity contribution < 1.29 is 14.3 Å². The zero-order chi connectivity index (χ0) is 23.7. The monoisotopic (exact) mass is 479 g/mol. The van der Waals surface area contributed by atoms with Crippen molar-refractivity contribution in [2.45, 2.75) is 45.1 Å². The molecule has 0 bridgehead atoms. The van der Waals surface area contributed by atoms with E-state index in [1.54, 1.807) is 4.90 Å². The summed E-state index contributed by atoms with van der Waals surface area (Å²) in [7, 11) is 0. The number of benzene rings is 2. The number of carbonyl (C=O) groups is 2. The van der Waals surface area contributed by atoms with E-state index in [1.165, 1.54) is 18.4 Å². The number of fused-ring (bicyclic) bond motifs is 3. The molecule has 178 valence electrons. The first-order chi connectivity index (χ1) is 16.6. The van der Waals surface area contributed by atoms with Gasteiger partial charge in [-0.2, -0.15) is 0 Å². The number of amides is 2. The number of nitrogens with zero attached hydrogens (tertiary/aromatic N) is 2. The number of H-pyrrole nitrogens is 1. The number of carbonyl (C=O) groups excluding carboxylic acids is 2. The van der Waals surface area contributed by atoms with Crippen molar-refractivity contribution in [3.63, 3.8) is 0 Å². The Hall–Kier alpha value is -2.99. The second kappa shape index (κ2) is 9.71. The number of hydrogen-bond donors (Lipinski definition) is 1. The van der Waals surface area contributed by atoms with Gasteiger partial charge in [0.1, 0.15) is 6.04 Å². The number of likely N-dealkylation sites (tertiary alicyclic amines) is 1. The molecular weight excluding hydrogens is 450 g/mol. The smallest absolute Gasteiger partial charge is 0.410 e. The van der Waals surface area contributed by atoms with Crippen molar-refractivity contribution >= 4 is 34.5 Å². The molecule has 3 heterocycles. The Morgan fingerprint density at radius 3 is 2.47 bits per heavy atom. The van der Waals surface area contributed by atoms with Crippen LogP contribution in [-0.2, 0) is 11.2 Å². The molecule has 1 aromatic heterocycles. The fourth-order valence-corrected chi connectivity index (χ4v) is 5.45. The molecule has 7 heteroatoms. The van der Waals surface area contributed by atoms with E-state index < -0.39 is 0 Å². The van der Waals surface area contributed by atoms with Crippen LogP contribution in [0.5, 0.6) is 0 Å². The molecule has 1 unspecified atom stereocenters. The predicted molar refractivity (Wildman–Crippen MR) is 133 cm³/mol.